The van der Waals surface area contributed by atoms with Crippen molar-refractivity contribution in [2.45, 2.75) is 38.1 Å². The Bertz CT molecular complexity index is 534. The van der Waals surface area contributed by atoms with E-state index in [0.29, 0.717) is 12.8 Å². The molecule has 0 spiro atoms. The molecule has 2 aliphatic carbocycles. The molecule has 4 nitrogen and oxygen atoms in total. The third kappa shape index (κ3) is 2.11. The Kier molecular flexibility index (Phi) is 2.81. The summed E-state index contributed by atoms with van der Waals surface area (Å²) >= 11 is 0. The van der Waals surface area contributed by atoms with Crippen LogP contribution in [-0.2, 0) is 22.4 Å². The monoisotopic (exact) mass is 259 g/mol. The van der Waals surface area contributed by atoms with Gasteiger partial charge < -0.3 is 10.4 Å². The molecule has 0 heterocycles. The highest BCUT2D eigenvalue weighted by Gasteiger charge is 2.57. The van der Waals surface area contributed by atoms with Gasteiger partial charge in [0.05, 0.1) is 0 Å². The van der Waals surface area contributed by atoms with Crippen LogP contribution in [0.1, 0.15) is 30.4 Å². The second-order valence-corrected chi connectivity index (χ2v) is 5.57. The Morgan fingerprint density at radius 2 is 1.89 bits per heavy atom. The molecule has 1 aromatic rings. The number of nitrogens with one attached hydrogen (secondary N) is 1. The zero-order chi connectivity index (χ0) is 13.5. The lowest BCUT2D eigenvalue weighted by atomic mass is 9.88. The first-order chi connectivity index (χ1) is 9.12. The molecule has 1 atom stereocenters. The van der Waals surface area contributed by atoms with Crippen molar-refractivity contribution in [3.05, 3.63) is 35.4 Å². The van der Waals surface area contributed by atoms with Crippen LogP contribution in [0, 0.1) is 5.41 Å². The van der Waals surface area contributed by atoms with E-state index in [1.54, 1.807) is 0 Å². The summed E-state index contributed by atoms with van der Waals surface area (Å²) in [4.78, 5) is 23.2. The SMILES string of the molecule is O=C(O)C1(C(=O)NC2CCc3ccccc3C2)CC1. The van der Waals surface area contributed by atoms with Gasteiger partial charge in [-0.1, -0.05) is 24.3 Å². The fraction of sp³-hybridized carbons (Fsp3) is 0.467. The third-order valence-electron chi connectivity index (χ3n) is 4.28. The van der Waals surface area contributed by atoms with E-state index in [0.717, 1.165) is 19.3 Å². The van der Waals surface area contributed by atoms with Gasteiger partial charge in [0.2, 0.25) is 5.91 Å². The summed E-state index contributed by atoms with van der Waals surface area (Å²) in [5.41, 5.74) is 1.48. The van der Waals surface area contributed by atoms with Crippen molar-refractivity contribution in [1.29, 1.82) is 0 Å². The van der Waals surface area contributed by atoms with E-state index in [2.05, 4.69) is 17.4 Å². The van der Waals surface area contributed by atoms with Crippen LogP contribution in [0.2, 0.25) is 0 Å². The van der Waals surface area contributed by atoms with Gasteiger partial charge in [-0.3, -0.25) is 9.59 Å². The number of aliphatic carboxylic acids is 1. The number of amides is 1. The molecule has 1 fully saturated rings. The van der Waals surface area contributed by atoms with Crippen LogP contribution >= 0.6 is 0 Å². The van der Waals surface area contributed by atoms with Crippen molar-refractivity contribution in [3.63, 3.8) is 0 Å². The molecule has 0 aromatic heterocycles. The van der Waals surface area contributed by atoms with Crippen LogP contribution < -0.4 is 5.32 Å². The molecule has 0 aliphatic heterocycles. The summed E-state index contributed by atoms with van der Waals surface area (Å²) < 4.78 is 0. The van der Waals surface area contributed by atoms with E-state index in [9.17, 15) is 9.59 Å². The second kappa shape index (κ2) is 4.37. The van der Waals surface area contributed by atoms with E-state index >= 15 is 0 Å². The maximum Gasteiger partial charge on any atom is 0.319 e. The Balaban J connectivity index is 1.67. The predicted octanol–water partition coefficient (Wildman–Crippen LogP) is 1.52. The number of carboxylic acid groups (broad SMARTS) is 1. The van der Waals surface area contributed by atoms with Crippen LogP contribution in [0.15, 0.2) is 24.3 Å². The molecule has 1 saturated carbocycles. The van der Waals surface area contributed by atoms with E-state index in [-0.39, 0.29) is 11.9 Å². The molecule has 0 saturated heterocycles. The molecule has 19 heavy (non-hydrogen) atoms. The molecule has 1 unspecified atom stereocenters. The van der Waals surface area contributed by atoms with Crippen molar-refractivity contribution < 1.29 is 14.7 Å². The number of rotatable bonds is 3. The Hall–Kier alpha value is -1.84. The number of hydrogen-bond donors (Lipinski definition) is 2. The lowest BCUT2D eigenvalue weighted by Crippen LogP contribution is -2.45. The van der Waals surface area contributed by atoms with Crippen molar-refractivity contribution >= 4 is 11.9 Å². The zero-order valence-electron chi connectivity index (χ0n) is 10.7. The maximum absolute atomic E-state index is 12.1. The van der Waals surface area contributed by atoms with Gasteiger partial charge in [-0.25, -0.2) is 0 Å². The second-order valence-electron chi connectivity index (χ2n) is 5.57. The average Bonchev–Trinajstić information content (AvgIpc) is 3.20. The molecule has 100 valence electrons. The van der Waals surface area contributed by atoms with Crippen molar-refractivity contribution in [1.82, 2.24) is 5.32 Å². The fourth-order valence-electron chi connectivity index (χ4n) is 2.81. The standard InChI is InChI=1S/C15H17NO3/c17-13(15(7-8-15)14(18)19)16-12-6-5-10-3-1-2-4-11(10)9-12/h1-4,12H,5-9H2,(H,16,17)(H,18,19). The Morgan fingerprint density at radius 1 is 1.21 bits per heavy atom. The van der Waals surface area contributed by atoms with E-state index in [1.807, 2.05) is 12.1 Å². The number of aryl methyl sites for hydroxylation is 1. The number of carboxylic acids is 1. The lowest BCUT2D eigenvalue weighted by Gasteiger charge is -2.26. The molecular formula is C15H17NO3. The quantitative estimate of drug-likeness (QED) is 0.809. The Morgan fingerprint density at radius 3 is 2.53 bits per heavy atom. The topological polar surface area (TPSA) is 66.4 Å². The summed E-state index contributed by atoms with van der Waals surface area (Å²) in [5.74, 6) is -1.29. The molecule has 2 aliphatic rings. The minimum absolute atomic E-state index is 0.0687. The van der Waals surface area contributed by atoms with Crippen LogP contribution in [0.4, 0.5) is 0 Å². The zero-order valence-corrected chi connectivity index (χ0v) is 10.7. The van der Waals surface area contributed by atoms with Gasteiger partial charge in [0.1, 0.15) is 5.41 Å². The molecule has 2 N–H and O–H groups in total. The predicted molar refractivity (Wildman–Crippen MR) is 69.7 cm³/mol. The summed E-state index contributed by atoms with van der Waals surface area (Å²) in [6, 6.07) is 8.30. The van der Waals surface area contributed by atoms with Gasteiger partial charge in [0, 0.05) is 6.04 Å². The minimum atomic E-state index is -1.13. The number of benzene rings is 1. The van der Waals surface area contributed by atoms with Gasteiger partial charge in [-0.05, 0) is 43.2 Å². The molecule has 1 aromatic carbocycles. The fourth-order valence-corrected chi connectivity index (χ4v) is 2.81. The van der Waals surface area contributed by atoms with Crippen LogP contribution in [-0.4, -0.2) is 23.0 Å². The highest BCUT2D eigenvalue weighted by molar-refractivity contribution is 6.04. The van der Waals surface area contributed by atoms with Gasteiger partial charge in [-0.2, -0.15) is 0 Å². The Labute approximate surface area is 111 Å². The van der Waals surface area contributed by atoms with Gasteiger partial charge in [-0.15, -0.1) is 0 Å². The molecular weight excluding hydrogens is 242 g/mol. The summed E-state index contributed by atoms with van der Waals surface area (Å²) in [5, 5.41) is 12.0. The molecule has 0 bridgehead atoms. The van der Waals surface area contributed by atoms with E-state index < -0.39 is 11.4 Å². The number of carbonyl (C=O) groups excluding carboxylic acids is 1. The number of hydrogen-bond acceptors (Lipinski definition) is 2. The molecule has 0 radical (unpaired) electrons. The molecule has 4 heteroatoms. The van der Waals surface area contributed by atoms with Gasteiger partial charge in [0.25, 0.3) is 0 Å². The summed E-state index contributed by atoms with van der Waals surface area (Å²) in [7, 11) is 0. The summed E-state index contributed by atoms with van der Waals surface area (Å²) in [6.45, 7) is 0. The maximum atomic E-state index is 12.1. The van der Waals surface area contributed by atoms with Gasteiger partial charge >= 0.3 is 5.97 Å². The summed E-state index contributed by atoms with van der Waals surface area (Å²) in [6.07, 6.45) is 3.58. The smallest absolute Gasteiger partial charge is 0.319 e. The molecule has 3 rings (SSSR count). The van der Waals surface area contributed by atoms with E-state index in [1.165, 1.54) is 11.1 Å². The lowest BCUT2D eigenvalue weighted by molar-refractivity contribution is -0.149. The number of fused-ring (bicyclic) bond motifs is 1. The largest absolute Gasteiger partial charge is 0.480 e. The van der Waals surface area contributed by atoms with Crippen molar-refractivity contribution in [2.75, 3.05) is 0 Å². The normalized spacial score (nSPS) is 23.3. The van der Waals surface area contributed by atoms with E-state index in [4.69, 9.17) is 5.11 Å². The minimum Gasteiger partial charge on any atom is -0.480 e. The third-order valence-corrected chi connectivity index (χ3v) is 4.28. The van der Waals surface area contributed by atoms with Gasteiger partial charge in [0.15, 0.2) is 0 Å². The first-order valence-electron chi connectivity index (χ1n) is 6.73. The van der Waals surface area contributed by atoms with Crippen LogP contribution in [0.25, 0.3) is 0 Å². The average molecular weight is 259 g/mol. The first-order valence-corrected chi connectivity index (χ1v) is 6.73. The number of carbonyl (C=O) groups is 2. The molecule has 1 amide bonds. The van der Waals surface area contributed by atoms with Crippen molar-refractivity contribution in [2.24, 2.45) is 5.41 Å². The van der Waals surface area contributed by atoms with Crippen LogP contribution in [0.5, 0.6) is 0 Å². The van der Waals surface area contributed by atoms with Crippen molar-refractivity contribution in [3.8, 4) is 0 Å². The highest BCUT2D eigenvalue weighted by Crippen LogP contribution is 2.46. The van der Waals surface area contributed by atoms with Crippen LogP contribution in [0.3, 0.4) is 0 Å². The first kappa shape index (κ1) is 12.2. The highest BCUT2D eigenvalue weighted by atomic mass is 16.4.